The van der Waals surface area contributed by atoms with Crippen LogP contribution in [0.5, 0.6) is 0 Å². The fraction of sp³-hybridized carbons (Fsp3) is 1.00. The summed E-state index contributed by atoms with van der Waals surface area (Å²) in [5.74, 6) is -2.06. The first-order chi connectivity index (χ1) is 6.20. The highest BCUT2D eigenvalue weighted by Crippen LogP contribution is 2.12. The number of halogens is 3. The predicted molar refractivity (Wildman–Crippen MR) is 49.4 cm³/mol. The smallest absolute Gasteiger partial charge is 0.313 e. The van der Waals surface area contributed by atoms with Gasteiger partial charge in [-0.25, -0.2) is 0 Å². The summed E-state index contributed by atoms with van der Waals surface area (Å²) in [6.45, 7) is 3.21. The average Bonchev–Trinajstić information content (AvgIpc) is 2.20. The number of nitrogens with two attached hydrogens (primary N) is 1. The fourth-order valence-electron chi connectivity index (χ4n) is 1.12. The number of rotatable bonds is 2. The Morgan fingerprint density at radius 2 is 1.85 bits per heavy atom. The van der Waals surface area contributed by atoms with Gasteiger partial charge in [-0.3, -0.25) is 0 Å². The first kappa shape index (κ1) is 13.1. The van der Waals surface area contributed by atoms with Crippen LogP contribution in [0.3, 0.4) is 0 Å². The third kappa shape index (κ3) is 8.39. The minimum atomic E-state index is -2.87. The molecule has 13 heavy (non-hydrogen) atoms. The topological polar surface area (TPSA) is 38.0 Å². The largest absolute Gasteiger partial charge is 0.330 e. The van der Waals surface area contributed by atoms with Crippen molar-refractivity contribution in [2.24, 2.45) is 11.7 Å². The number of piperidine rings is 1. The Morgan fingerprint density at radius 1 is 1.38 bits per heavy atom. The molecule has 0 unspecified atom stereocenters. The molecule has 0 radical (unpaired) electrons. The lowest BCUT2D eigenvalue weighted by Gasteiger charge is -2.20. The Bertz CT molecular complexity index is 110. The van der Waals surface area contributed by atoms with Crippen molar-refractivity contribution in [3.63, 3.8) is 0 Å². The van der Waals surface area contributed by atoms with Crippen molar-refractivity contribution in [3.05, 3.63) is 0 Å². The third-order valence-corrected chi connectivity index (χ3v) is 1.99. The van der Waals surface area contributed by atoms with E-state index < -0.39 is 17.9 Å². The standard InChI is InChI=1S/C6H14N2.CHF3S/c7-5-6-1-3-8-4-2-6;2-1(3)5-4/h6,8H,1-5,7H2;1H. The summed E-state index contributed by atoms with van der Waals surface area (Å²) in [6.07, 6.45) is 2.55. The lowest BCUT2D eigenvalue weighted by atomic mass is 9.99. The summed E-state index contributed by atoms with van der Waals surface area (Å²) >= 11 is -0.954. The Kier molecular flexibility index (Phi) is 8.69. The van der Waals surface area contributed by atoms with Gasteiger partial charge in [0.15, 0.2) is 0 Å². The number of alkyl halides is 2. The summed E-state index contributed by atoms with van der Waals surface area (Å²) in [5.41, 5.74) is 5.48. The van der Waals surface area contributed by atoms with Crippen molar-refractivity contribution < 1.29 is 12.7 Å². The van der Waals surface area contributed by atoms with Gasteiger partial charge in [0.2, 0.25) is 0 Å². The van der Waals surface area contributed by atoms with Crippen LogP contribution in [0, 0.1) is 5.92 Å². The van der Waals surface area contributed by atoms with Crippen LogP contribution < -0.4 is 11.1 Å². The van der Waals surface area contributed by atoms with E-state index in [4.69, 9.17) is 5.73 Å². The van der Waals surface area contributed by atoms with Crippen LogP contribution in [0.2, 0.25) is 0 Å². The molecule has 80 valence electrons. The van der Waals surface area contributed by atoms with Crippen molar-refractivity contribution in [2.75, 3.05) is 19.6 Å². The van der Waals surface area contributed by atoms with Gasteiger partial charge in [-0.15, -0.1) is 0 Å². The maximum Gasteiger partial charge on any atom is 0.313 e. The van der Waals surface area contributed by atoms with Crippen LogP contribution >= 0.6 is 12.1 Å². The van der Waals surface area contributed by atoms with Crippen molar-refractivity contribution in [1.29, 1.82) is 0 Å². The molecule has 1 rings (SSSR count). The van der Waals surface area contributed by atoms with E-state index >= 15 is 0 Å². The van der Waals surface area contributed by atoms with Crippen molar-refractivity contribution in [2.45, 2.75) is 18.6 Å². The van der Waals surface area contributed by atoms with Gasteiger partial charge in [0, 0.05) is 0 Å². The Hall–Kier alpha value is 0.0600. The second kappa shape index (κ2) is 8.65. The molecule has 0 aromatic carbocycles. The molecule has 0 aromatic rings. The Labute approximate surface area is 80.7 Å². The zero-order valence-electron chi connectivity index (χ0n) is 7.31. The molecule has 1 heterocycles. The van der Waals surface area contributed by atoms with Crippen molar-refractivity contribution in [3.8, 4) is 0 Å². The molecular weight excluding hydrogens is 201 g/mol. The minimum absolute atomic E-state index is 0.802. The van der Waals surface area contributed by atoms with Crippen LogP contribution in [-0.2, 0) is 0 Å². The Morgan fingerprint density at radius 3 is 2.08 bits per heavy atom. The molecule has 0 amide bonds. The summed E-state index contributed by atoms with van der Waals surface area (Å²) in [7, 11) is 0. The first-order valence-electron chi connectivity index (χ1n) is 4.17. The summed E-state index contributed by atoms with van der Waals surface area (Å²) in [6, 6.07) is 0. The van der Waals surface area contributed by atoms with Crippen molar-refractivity contribution >= 4 is 12.1 Å². The maximum absolute atomic E-state index is 10.4. The van der Waals surface area contributed by atoms with E-state index in [0.717, 1.165) is 12.5 Å². The zero-order chi connectivity index (χ0) is 10.1. The lowest BCUT2D eigenvalue weighted by molar-refractivity contribution is 0.248. The molecule has 3 N–H and O–H groups in total. The molecule has 1 saturated heterocycles. The van der Waals surface area contributed by atoms with Gasteiger partial charge >= 0.3 is 5.76 Å². The van der Waals surface area contributed by atoms with E-state index in [1.807, 2.05) is 0 Å². The highest BCUT2D eigenvalue weighted by atomic mass is 32.2. The molecular formula is C7H15F3N2S. The van der Waals surface area contributed by atoms with E-state index in [1.54, 1.807) is 0 Å². The van der Waals surface area contributed by atoms with Gasteiger partial charge < -0.3 is 11.1 Å². The normalized spacial score (nSPS) is 18.2. The van der Waals surface area contributed by atoms with Crippen molar-refractivity contribution in [1.82, 2.24) is 5.32 Å². The van der Waals surface area contributed by atoms with Crippen LogP contribution in [0.25, 0.3) is 0 Å². The fourth-order valence-corrected chi connectivity index (χ4v) is 1.12. The van der Waals surface area contributed by atoms with Gasteiger partial charge in [0.1, 0.15) is 12.1 Å². The second-order valence-corrected chi connectivity index (χ2v) is 3.31. The summed E-state index contributed by atoms with van der Waals surface area (Å²) in [5, 5.41) is 3.29. The molecule has 0 saturated carbocycles. The van der Waals surface area contributed by atoms with Gasteiger partial charge in [-0.2, -0.15) is 12.7 Å². The summed E-state index contributed by atoms with van der Waals surface area (Å²) < 4.78 is 31.0. The van der Waals surface area contributed by atoms with Gasteiger partial charge in [-0.1, -0.05) is 0 Å². The zero-order valence-corrected chi connectivity index (χ0v) is 8.13. The molecule has 2 nitrogen and oxygen atoms in total. The molecule has 1 fully saturated rings. The number of nitrogens with one attached hydrogen (secondary N) is 1. The molecule has 0 aromatic heterocycles. The van der Waals surface area contributed by atoms with E-state index in [-0.39, 0.29) is 0 Å². The lowest BCUT2D eigenvalue weighted by Crippen LogP contribution is -2.31. The number of hydrogen-bond donors (Lipinski definition) is 2. The Balaban J connectivity index is 0.000000252. The van der Waals surface area contributed by atoms with Crippen LogP contribution in [-0.4, -0.2) is 25.4 Å². The molecule has 1 aliphatic heterocycles. The first-order valence-corrected chi connectivity index (χ1v) is 4.95. The van der Waals surface area contributed by atoms with Crippen LogP contribution in [0.4, 0.5) is 12.7 Å². The summed E-state index contributed by atoms with van der Waals surface area (Å²) in [4.78, 5) is 0. The number of hydrogen-bond acceptors (Lipinski definition) is 3. The SMILES string of the molecule is FSC(F)F.NCC1CCNCC1. The quantitative estimate of drug-likeness (QED) is 0.738. The highest BCUT2D eigenvalue weighted by molar-refractivity contribution is 7.94. The average molecular weight is 216 g/mol. The maximum atomic E-state index is 10.4. The molecule has 0 atom stereocenters. The van der Waals surface area contributed by atoms with Gasteiger partial charge in [-0.05, 0) is 38.4 Å². The van der Waals surface area contributed by atoms with Crippen LogP contribution in [0.15, 0.2) is 0 Å². The molecule has 1 aliphatic rings. The van der Waals surface area contributed by atoms with E-state index in [1.165, 1.54) is 25.9 Å². The van der Waals surface area contributed by atoms with E-state index in [9.17, 15) is 12.7 Å². The van der Waals surface area contributed by atoms with Gasteiger partial charge in [0.25, 0.3) is 0 Å². The molecule has 0 bridgehead atoms. The minimum Gasteiger partial charge on any atom is -0.330 e. The van der Waals surface area contributed by atoms with Crippen LogP contribution in [0.1, 0.15) is 12.8 Å². The predicted octanol–water partition coefficient (Wildman–Crippen LogP) is 1.77. The van der Waals surface area contributed by atoms with E-state index in [0.29, 0.717) is 0 Å². The molecule has 6 heteroatoms. The van der Waals surface area contributed by atoms with E-state index in [2.05, 4.69) is 5.32 Å². The molecule has 0 spiro atoms. The monoisotopic (exact) mass is 216 g/mol. The second-order valence-electron chi connectivity index (χ2n) is 2.78. The molecule has 0 aliphatic carbocycles. The van der Waals surface area contributed by atoms with Gasteiger partial charge in [0.05, 0.1) is 0 Å². The highest BCUT2D eigenvalue weighted by Gasteiger charge is 2.09. The third-order valence-electron chi connectivity index (χ3n) is 1.86.